The third-order valence-electron chi connectivity index (χ3n) is 4.18. The molecule has 1 N–H and O–H groups in total. The van der Waals surface area contributed by atoms with E-state index < -0.39 is 0 Å². The summed E-state index contributed by atoms with van der Waals surface area (Å²) in [5.41, 5.74) is 2.86. The molecule has 1 aliphatic heterocycles. The van der Waals surface area contributed by atoms with E-state index >= 15 is 0 Å². The van der Waals surface area contributed by atoms with Gasteiger partial charge in [0, 0.05) is 5.69 Å². The second-order valence-corrected chi connectivity index (χ2v) is 7.79. The third kappa shape index (κ3) is 4.97. The fraction of sp³-hybridized carbons (Fsp3) is 0.136. The van der Waals surface area contributed by atoms with Gasteiger partial charge in [-0.15, -0.1) is 0 Å². The lowest BCUT2D eigenvalue weighted by Crippen LogP contribution is -2.36. The molecule has 0 atom stereocenters. The van der Waals surface area contributed by atoms with Gasteiger partial charge >= 0.3 is 0 Å². The fourth-order valence-electron chi connectivity index (χ4n) is 2.75. The van der Waals surface area contributed by atoms with Crippen LogP contribution in [0.3, 0.4) is 0 Å². The smallest absolute Gasteiger partial charge is 0.266 e. The summed E-state index contributed by atoms with van der Waals surface area (Å²) in [7, 11) is 0. The van der Waals surface area contributed by atoms with Gasteiger partial charge in [-0.2, -0.15) is 0 Å². The van der Waals surface area contributed by atoms with Crippen LogP contribution in [0.2, 0.25) is 0 Å². The van der Waals surface area contributed by atoms with Crippen LogP contribution in [0.25, 0.3) is 6.08 Å². The van der Waals surface area contributed by atoms with Crippen molar-refractivity contribution in [3.8, 4) is 0 Å². The lowest BCUT2D eigenvalue weighted by atomic mass is 10.1. The second-order valence-electron chi connectivity index (χ2n) is 6.12. The van der Waals surface area contributed by atoms with Crippen molar-refractivity contribution in [2.45, 2.75) is 13.3 Å². The first-order valence-corrected chi connectivity index (χ1v) is 10.2. The predicted octanol–water partition coefficient (Wildman–Crippen LogP) is 4.65. The van der Waals surface area contributed by atoms with Crippen LogP contribution in [0.1, 0.15) is 18.1 Å². The molecule has 1 saturated heterocycles. The number of carbonyl (C=O) groups excluding carboxylic acids is 2. The van der Waals surface area contributed by atoms with Gasteiger partial charge in [-0.05, 0) is 29.7 Å². The maximum atomic E-state index is 12.6. The Hall–Kier alpha value is -2.70. The van der Waals surface area contributed by atoms with Crippen molar-refractivity contribution in [2.75, 3.05) is 11.9 Å². The minimum atomic E-state index is -0.265. The molecule has 1 heterocycles. The predicted molar refractivity (Wildman–Crippen MR) is 120 cm³/mol. The fourth-order valence-corrected chi connectivity index (χ4v) is 3.95. The summed E-state index contributed by atoms with van der Waals surface area (Å²) in [6, 6.07) is 17.4. The summed E-state index contributed by atoms with van der Waals surface area (Å²) < 4.78 is 0.392. The molecule has 3 rings (SSSR count). The maximum Gasteiger partial charge on any atom is 0.266 e. The van der Waals surface area contributed by atoms with Crippen LogP contribution in [0, 0.1) is 0 Å². The molecule has 0 saturated carbocycles. The molecule has 2 aromatic rings. The van der Waals surface area contributed by atoms with Gasteiger partial charge in [-0.25, -0.2) is 0 Å². The zero-order valence-electron chi connectivity index (χ0n) is 15.4. The van der Waals surface area contributed by atoms with Gasteiger partial charge in [0.25, 0.3) is 5.91 Å². The average Bonchev–Trinajstić information content (AvgIpc) is 2.97. The molecule has 2 amide bonds. The molecule has 0 aliphatic carbocycles. The maximum absolute atomic E-state index is 12.6. The van der Waals surface area contributed by atoms with Crippen molar-refractivity contribution in [3.63, 3.8) is 0 Å². The number of rotatable bonds is 6. The minimum absolute atomic E-state index is 0.0948. The number of thioether (sulfide) groups is 1. The average molecular weight is 409 g/mol. The van der Waals surface area contributed by atoms with Crippen molar-refractivity contribution in [3.05, 3.63) is 82.8 Å². The van der Waals surface area contributed by atoms with E-state index in [1.165, 1.54) is 16.7 Å². The van der Waals surface area contributed by atoms with Crippen LogP contribution in [-0.4, -0.2) is 27.6 Å². The largest absolute Gasteiger partial charge is 0.324 e. The first kappa shape index (κ1) is 20.0. The highest BCUT2D eigenvalue weighted by Crippen LogP contribution is 2.31. The summed E-state index contributed by atoms with van der Waals surface area (Å²) in [6.07, 6.45) is 6.28. The third-order valence-corrected chi connectivity index (χ3v) is 5.58. The van der Waals surface area contributed by atoms with E-state index in [0.717, 1.165) is 23.2 Å². The lowest BCUT2D eigenvalue weighted by Gasteiger charge is -2.15. The molecular weight excluding hydrogens is 388 g/mol. The van der Waals surface area contributed by atoms with Gasteiger partial charge in [0.15, 0.2) is 0 Å². The van der Waals surface area contributed by atoms with Gasteiger partial charge in [0.05, 0.1) is 4.91 Å². The Morgan fingerprint density at radius 1 is 1.14 bits per heavy atom. The molecule has 1 aliphatic rings. The standard InChI is InChI=1S/C22H20N2O2S2/c1-2-17-12-6-7-13-18(17)23-20(25)15-24-21(26)19(28-22(24)27)14-8-11-16-9-4-3-5-10-16/h3-14H,2,15H2,1H3,(H,23,25). The van der Waals surface area contributed by atoms with E-state index in [0.29, 0.717) is 9.23 Å². The molecule has 0 spiro atoms. The van der Waals surface area contributed by atoms with Gasteiger partial charge in [0.2, 0.25) is 5.91 Å². The number of benzene rings is 2. The Balaban J connectivity index is 1.64. The van der Waals surface area contributed by atoms with Gasteiger partial charge < -0.3 is 5.32 Å². The SMILES string of the molecule is CCc1ccccc1NC(=O)CN1C(=O)C(=CC=Cc2ccccc2)SC1=S. The highest BCUT2D eigenvalue weighted by atomic mass is 32.2. The van der Waals surface area contributed by atoms with Gasteiger partial charge in [-0.3, -0.25) is 14.5 Å². The first-order chi connectivity index (χ1) is 13.6. The van der Waals surface area contributed by atoms with E-state index in [4.69, 9.17) is 12.2 Å². The zero-order valence-corrected chi connectivity index (χ0v) is 17.1. The molecule has 0 unspecified atom stereocenters. The number of nitrogens with zero attached hydrogens (tertiary/aromatic N) is 1. The van der Waals surface area contributed by atoms with Crippen LogP contribution in [0.15, 0.2) is 71.7 Å². The summed E-state index contributed by atoms with van der Waals surface area (Å²) in [4.78, 5) is 26.9. The van der Waals surface area contributed by atoms with Crippen molar-refractivity contribution in [2.24, 2.45) is 0 Å². The number of thiocarbonyl (C=S) groups is 1. The van der Waals surface area contributed by atoms with E-state index in [9.17, 15) is 9.59 Å². The number of hydrogen-bond acceptors (Lipinski definition) is 4. The minimum Gasteiger partial charge on any atom is -0.324 e. The molecule has 0 radical (unpaired) electrons. The van der Waals surface area contributed by atoms with Crippen molar-refractivity contribution >= 4 is 51.9 Å². The van der Waals surface area contributed by atoms with E-state index in [1.807, 2.05) is 73.7 Å². The Kier molecular flexibility index (Phi) is 6.79. The second kappa shape index (κ2) is 9.48. The highest BCUT2D eigenvalue weighted by Gasteiger charge is 2.33. The Labute approximate surface area is 174 Å². The van der Waals surface area contributed by atoms with E-state index in [2.05, 4.69) is 5.32 Å². The number of anilines is 1. The monoisotopic (exact) mass is 408 g/mol. The zero-order chi connectivity index (χ0) is 19.9. The number of para-hydroxylation sites is 1. The summed E-state index contributed by atoms with van der Waals surface area (Å²) in [5, 5.41) is 2.87. The quantitative estimate of drug-likeness (QED) is 0.559. The van der Waals surface area contributed by atoms with Gasteiger partial charge in [0.1, 0.15) is 10.9 Å². The Morgan fingerprint density at radius 3 is 2.61 bits per heavy atom. The van der Waals surface area contributed by atoms with E-state index in [-0.39, 0.29) is 18.4 Å². The first-order valence-electron chi connectivity index (χ1n) is 8.93. The Bertz CT molecular complexity index is 952. The number of carbonyl (C=O) groups is 2. The van der Waals surface area contributed by atoms with Crippen LogP contribution >= 0.6 is 24.0 Å². The number of amides is 2. The van der Waals surface area contributed by atoms with Crippen molar-refractivity contribution in [1.29, 1.82) is 0 Å². The lowest BCUT2D eigenvalue weighted by molar-refractivity contribution is -0.126. The summed E-state index contributed by atoms with van der Waals surface area (Å²) in [6.45, 7) is 1.93. The molecular formula is C22H20N2O2S2. The summed E-state index contributed by atoms with van der Waals surface area (Å²) >= 11 is 6.50. The number of nitrogens with one attached hydrogen (secondary N) is 1. The molecule has 6 heteroatoms. The van der Waals surface area contributed by atoms with Crippen LogP contribution in [0.4, 0.5) is 5.69 Å². The highest BCUT2D eigenvalue weighted by molar-refractivity contribution is 8.26. The van der Waals surface area contributed by atoms with Gasteiger partial charge in [-0.1, -0.05) is 91.6 Å². The van der Waals surface area contributed by atoms with Crippen molar-refractivity contribution in [1.82, 2.24) is 4.90 Å². The van der Waals surface area contributed by atoms with E-state index in [1.54, 1.807) is 6.08 Å². The number of hydrogen-bond donors (Lipinski definition) is 1. The molecule has 0 aromatic heterocycles. The molecule has 4 nitrogen and oxygen atoms in total. The summed E-state index contributed by atoms with van der Waals surface area (Å²) in [5.74, 6) is -0.509. The van der Waals surface area contributed by atoms with Crippen molar-refractivity contribution < 1.29 is 9.59 Å². The molecule has 28 heavy (non-hydrogen) atoms. The molecule has 142 valence electrons. The normalized spacial score (nSPS) is 15.6. The topological polar surface area (TPSA) is 49.4 Å². The van der Waals surface area contributed by atoms with Crippen LogP contribution < -0.4 is 5.32 Å². The number of aryl methyl sites for hydroxylation is 1. The molecule has 0 bridgehead atoms. The molecule has 2 aromatic carbocycles. The Morgan fingerprint density at radius 2 is 1.86 bits per heavy atom. The van der Waals surface area contributed by atoms with Crippen LogP contribution in [0.5, 0.6) is 0 Å². The number of allylic oxidation sites excluding steroid dienone is 2. The molecule has 1 fully saturated rings. The van der Waals surface area contributed by atoms with Crippen LogP contribution in [-0.2, 0) is 16.0 Å².